The number of aliphatic carboxylic acids is 1. The molecule has 116 valence electrons. The molecule has 6 heteroatoms. The van der Waals surface area contributed by atoms with E-state index in [1.54, 1.807) is 26.0 Å². The van der Waals surface area contributed by atoms with Crippen LogP contribution in [-0.2, 0) is 14.8 Å². The third-order valence-electron chi connectivity index (χ3n) is 4.18. The first-order valence-corrected chi connectivity index (χ1v) is 8.51. The van der Waals surface area contributed by atoms with Crippen molar-refractivity contribution in [1.82, 2.24) is 4.31 Å². The number of sulfonamides is 1. The van der Waals surface area contributed by atoms with Gasteiger partial charge in [-0.1, -0.05) is 12.1 Å². The molecule has 5 nitrogen and oxygen atoms in total. The summed E-state index contributed by atoms with van der Waals surface area (Å²) < 4.78 is 27.1. The minimum atomic E-state index is -3.66. The Morgan fingerprint density at radius 1 is 1.33 bits per heavy atom. The maximum atomic E-state index is 12.9. The smallest absolute Gasteiger partial charge is 0.308 e. The highest BCUT2D eigenvalue weighted by atomic mass is 32.2. The SMILES string of the molecule is Cc1ccc(C)c(S(=O)(=O)N2CCC[C@@H](C(=O)O)[C@H]2C)c1. The van der Waals surface area contributed by atoms with Crippen LogP contribution in [0.2, 0.25) is 0 Å². The van der Waals surface area contributed by atoms with Gasteiger partial charge in [0.15, 0.2) is 0 Å². The summed E-state index contributed by atoms with van der Waals surface area (Å²) in [6.45, 7) is 5.66. The van der Waals surface area contributed by atoms with E-state index in [-0.39, 0.29) is 4.90 Å². The van der Waals surface area contributed by atoms with Gasteiger partial charge in [-0.25, -0.2) is 8.42 Å². The molecule has 1 saturated heterocycles. The second kappa shape index (κ2) is 5.77. The van der Waals surface area contributed by atoms with E-state index < -0.39 is 28.0 Å². The molecule has 1 aromatic carbocycles. The second-order valence-electron chi connectivity index (χ2n) is 5.71. The molecular formula is C15H21NO4S. The van der Waals surface area contributed by atoms with Crippen molar-refractivity contribution in [3.63, 3.8) is 0 Å². The van der Waals surface area contributed by atoms with Gasteiger partial charge < -0.3 is 5.11 Å². The van der Waals surface area contributed by atoms with E-state index in [0.717, 1.165) is 5.56 Å². The number of hydrogen-bond acceptors (Lipinski definition) is 3. The van der Waals surface area contributed by atoms with Gasteiger partial charge in [-0.05, 0) is 50.8 Å². The van der Waals surface area contributed by atoms with Gasteiger partial charge in [0.25, 0.3) is 0 Å². The molecule has 1 aliphatic heterocycles. The molecule has 0 aliphatic carbocycles. The van der Waals surface area contributed by atoms with Gasteiger partial charge in [0.05, 0.1) is 10.8 Å². The molecule has 2 atom stereocenters. The van der Waals surface area contributed by atoms with E-state index in [1.165, 1.54) is 4.31 Å². The summed E-state index contributed by atoms with van der Waals surface area (Å²) in [5, 5.41) is 9.24. The van der Waals surface area contributed by atoms with Gasteiger partial charge in [0, 0.05) is 12.6 Å². The van der Waals surface area contributed by atoms with Crippen LogP contribution in [0.3, 0.4) is 0 Å². The van der Waals surface area contributed by atoms with E-state index in [1.807, 2.05) is 13.0 Å². The summed E-state index contributed by atoms with van der Waals surface area (Å²) in [5.41, 5.74) is 1.56. The molecule has 1 fully saturated rings. The highest BCUT2D eigenvalue weighted by molar-refractivity contribution is 7.89. The first-order chi connectivity index (χ1) is 9.75. The molecule has 1 aromatic rings. The zero-order valence-corrected chi connectivity index (χ0v) is 13.4. The van der Waals surface area contributed by atoms with Crippen LogP contribution in [0, 0.1) is 19.8 Å². The summed E-state index contributed by atoms with van der Waals surface area (Å²) in [6, 6.07) is 4.78. The zero-order chi connectivity index (χ0) is 15.8. The Morgan fingerprint density at radius 3 is 2.62 bits per heavy atom. The lowest BCUT2D eigenvalue weighted by Crippen LogP contribution is -2.49. The normalized spacial score (nSPS) is 24.0. The van der Waals surface area contributed by atoms with Crippen LogP contribution in [0.1, 0.15) is 30.9 Å². The summed E-state index contributed by atoms with van der Waals surface area (Å²) in [5.74, 6) is -1.57. The lowest BCUT2D eigenvalue weighted by atomic mass is 9.92. The van der Waals surface area contributed by atoms with E-state index >= 15 is 0 Å². The largest absolute Gasteiger partial charge is 0.481 e. The first kappa shape index (κ1) is 16.0. The van der Waals surface area contributed by atoms with Crippen LogP contribution in [0.25, 0.3) is 0 Å². The van der Waals surface area contributed by atoms with Crippen molar-refractivity contribution < 1.29 is 18.3 Å². The Hall–Kier alpha value is -1.40. The third-order valence-corrected chi connectivity index (χ3v) is 6.31. The molecule has 0 aromatic heterocycles. The molecule has 2 rings (SSSR count). The van der Waals surface area contributed by atoms with Crippen LogP contribution in [0.5, 0.6) is 0 Å². The van der Waals surface area contributed by atoms with Crippen molar-refractivity contribution in [1.29, 1.82) is 0 Å². The molecule has 0 radical (unpaired) electrons. The van der Waals surface area contributed by atoms with E-state index in [0.29, 0.717) is 24.9 Å². The fourth-order valence-corrected chi connectivity index (χ4v) is 4.91. The Kier molecular flexibility index (Phi) is 4.39. The second-order valence-corrected chi connectivity index (χ2v) is 7.57. The average Bonchev–Trinajstić information content (AvgIpc) is 2.41. The van der Waals surface area contributed by atoms with Gasteiger partial charge in [0.1, 0.15) is 0 Å². The maximum Gasteiger partial charge on any atom is 0.308 e. The van der Waals surface area contributed by atoms with Gasteiger partial charge >= 0.3 is 5.97 Å². The molecule has 1 heterocycles. The molecule has 21 heavy (non-hydrogen) atoms. The fraction of sp³-hybridized carbons (Fsp3) is 0.533. The summed E-state index contributed by atoms with van der Waals surface area (Å²) >= 11 is 0. The molecule has 1 N–H and O–H groups in total. The predicted molar refractivity (Wildman–Crippen MR) is 79.6 cm³/mol. The topological polar surface area (TPSA) is 74.7 Å². The number of carbonyl (C=O) groups is 1. The fourth-order valence-electron chi connectivity index (χ4n) is 2.89. The number of carboxylic acid groups (broad SMARTS) is 1. The number of aryl methyl sites for hydroxylation is 2. The third kappa shape index (κ3) is 2.96. The molecular weight excluding hydrogens is 290 g/mol. The van der Waals surface area contributed by atoms with E-state index in [2.05, 4.69) is 0 Å². The Morgan fingerprint density at radius 2 is 2.00 bits per heavy atom. The monoisotopic (exact) mass is 311 g/mol. The minimum Gasteiger partial charge on any atom is -0.481 e. The van der Waals surface area contributed by atoms with Gasteiger partial charge in [0.2, 0.25) is 10.0 Å². The van der Waals surface area contributed by atoms with Crippen molar-refractivity contribution in [3.05, 3.63) is 29.3 Å². The predicted octanol–water partition coefficient (Wildman–Crippen LogP) is 2.18. The number of benzene rings is 1. The van der Waals surface area contributed by atoms with E-state index in [4.69, 9.17) is 0 Å². The van der Waals surface area contributed by atoms with Gasteiger partial charge in [-0.15, -0.1) is 0 Å². The molecule has 0 bridgehead atoms. The van der Waals surface area contributed by atoms with Gasteiger partial charge in [-0.2, -0.15) is 4.31 Å². The van der Waals surface area contributed by atoms with Crippen LogP contribution >= 0.6 is 0 Å². The van der Waals surface area contributed by atoms with Crippen molar-refractivity contribution in [2.24, 2.45) is 5.92 Å². The van der Waals surface area contributed by atoms with Crippen molar-refractivity contribution in [2.45, 2.75) is 44.6 Å². The van der Waals surface area contributed by atoms with Crippen LogP contribution in [0.4, 0.5) is 0 Å². The standard InChI is InChI=1S/C15H21NO4S/c1-10-6-7-11(2)14(9-10)21(19,20)16-8-4-5-13(12(16)3)15(17)18/h6-7,9,12-13H,4-5,8H2,1-3H3,(H,17,18)/t12-,13-/m1/s1. The first-order valence-electron chi connectivity index (χ1n) is 7.07. The van der Waals surface area contributed by atoms with Gasteiger partial charge in [-0.3, -0.25) is 4.79 Å². The zero-order valence-electron chi connectivity index (χ0n) is 12.5. The molecule has 1 aliphatic rings. The highest BCUT2D eigenvalue weighted by Crippen LogP contribution is 2.30. The lowest BCUT2D eigenvalue weighted by molar-refractivity contribution is -0.144. The molecule has 0 spiro atoms. The van der Waals surface area contributed by atoms with Crippen LogP contribution < -0.4 is 0 Å². The van der Waals surface area contributed by atoms with Crippen molar-refractivity contribution >= 4 is 16.0 Å². The number of rotatable bonds is 3. The number of hydrogen-bond donors (Lipinski definition) is 1. The lowest BCUT2D eigenvalue weighted by Gasteiger charge is -2.36. The average molecular weight is 311 g/mol. The van der Waals surface area contributed by atoms with Crippen LogP contribution in [0.15, 0.2) is 23.1 Å². The number of carboxylic acids is 1. The summed E-state index contributed by atoms with van der Waals surface area (Å²) in [4.78, 5) is 11.6. The number of piperidine rings is 1. The Bertz CT molecular complexity index is 654. The van der Waals surface area contributed by atoms with Crippen molar-refractivity contribution in [2.75, 3.05) is 6.54 Å². The maximum absolute atomic E-state index is 12.9. The summed E-state index contributed by atoms with van der Waals surface area (Å²) in [6.07, 6.45) is 1.10. The Balaban J connectivity index is 2.43. The minimum absolute atomic E-state index is 0.278. The van der Waals surface area contributed by atoms with Crippen LogP contribution in [-0.4, -0.2) is 36.4 Å². The summed E-state index contributed by atoms with van der Waals surface area (Å²) in [7, 11) is -3.66. The molecule has 0 saturated carbocycles. The highest BCUT2D eigenvalue weighted by Gasteiger charge is 2.39. The molecule has 0 unspecified atom stereocenters. The van der Waals surface area contributed by atoms with E-state index in [9.17, 15) is 18.3 Å². The quantitative estimate of drug-likeness (QED) is 0.928. The van der Waals surface area contributed by atoms with Crippen molar-refractivity contribution in [3.8, 4) is 0 Å². The Labute approximate surface area is 125 Å². The number of nitrogens with zero attached hydrogens (tertiary/aromatic N) is 1. The molecule has 0 amide bonds.